The van der Waals surface area contributed by atoms with E-state index in [4.69, 9.17) is 0 Å². The molecule has 2 nitrogen and oxygen atoms in total. The first-order valence-corrected chi connectivity index (χ1v) is 6.56. The topological polar surface area (TPSA) is 26.3 Å². The molecule has 0 saturated carbocycles. The monoisotopic (exact) mass is 362 g/mol. The highest BCUT2D eigenvalue weighted by Crippen LogP contribution is 2.54. The molecule has 0 aromatic heterocycles. The van der Waals surface area contributed by atoms with Gasteiger partial charge < -0.3 is 4.74 Å². The maximum absolute atomic E-state index is 13.1. The molecule has 0 radical (unpaired) electrons. The van der Waals surface area contributed by atoms with E-state index in [9.17, 15) is 44.3 Å². The third kappa shape index (κ3) is 5.17. The van der Waals surface area contributed by atoms with Crippen molar-refractivity contribution in [3.8, 4) is 0 Å². The van der Waals surface area contributed by atoms with Crippen LogP contribution in [0.2, 0.25) is 0 Å². The van der Waals surface area contributed by atoms with Gasteiger partial charge in [0.05, 0.1) is 13.0 Å². The Bertz CT molecular complexity index is 390. The second-order valence-electron chi connectivity index (χ2n) is 4.78. The van der Waals surface area contributed by atoms with Gasteiger partial charge in [-0.3, -0.25) is 4.79 Å². The summed E-state index contributed by atoms with van der Waals surface area (Å²) in [5.74, 6) is -20.8. The number of carbonyl (C=O) groups is 1. The lowest BCUT2D eigenvalue weighted by Gasteiger charge is -2.33. The third-order valence-electron chi connectivity index (χ3n) is 2.86. The fraction of sp³-hybridized carbons (Fsp3) is 0.917. The van der Waals surface area contributed by atoms with E-state index >= 15 is 0 Å². The summed E-state index contributed by atoms with van der Waals surface area (Å²) in [7, 11) is 0. The fourth-order valence-electron chi connectivity index (χ4n) is 1.43. The third-order valence-corrected chi connectivity index (χ3v) is 2.86. The van der Waals surface area contributed by atoms with Gasteiger partial charge in [0.2, 0.25) is 0 Å². The molecule has 11 heteroatoms. The SMILES string of the molecule is CCCCCOC(=O)CCC(F)(F)C(F)(F)C(F)(F)C(F)(F)F. The molecule has 0 aliphatic heterocycles. The maximum atomic E-state index is 13.1. The van der Waals surface area contributed by atoms with Crippen molar-refractivity contribution in [3.63, 3.8) is 0 Å². The zero-order valence-corrected chi connectivity index (χ0v) is 12.0. The number of esters is 1. The van der Waals surface area contributed by atoms with Gasteiger partial charge in [-0.05, 0) is 6.42 Å². The fourth-order valence-corrected chi connectivity index (χ4v) is 1.43. The Morgan fingerprint density at radius 3 is 1.83 bits per heavy atom. The molecule has 0 amide bonds. The quantitative estimate of drug-likeness (QED) is 0.329. The Morgan fingerprint density at radius 2 is 1.39 bits per heavy atom. The number of halogens is 9. The van der Waals surface area contributed by atoms with Crippen LogP contribution < -0.4 is 0 Å². The van der Waals surface area contributed by atoms with Crippen molar-refractivity contribution in [2.45, 2.75) is 63.0 Å². The van der Waals surface area contributed by atoms with Crippen LogP contribution in [0.5, 0.6) is 0 Å². The molecular weight excluding hydrogens is 347 g/mol. The number of hydrogen-bond donors (Lipinski definition) is 0. The Balaban J connectivity index is 4.77. The molecule has 23 heavy (non-hydrogen) atoms. The van der Waals surface area contributed by atoms with Gasteiger partial charge in [0.1, 0.15) is 0 Å². The van der Waals surface area contributed by atoms with E-state index in [2.05, 4.69) is 4.74 Å². The molecule has 0 spiro atoms. The summed E-state index contributed by atoms with van der Waals surface area (Å²) in [6, 6.07) is 0. The molecule has 0 rings (SSSR count). The number of carbonyl (C=O) groups excluding carboxylic acids is 1. The van der Waals surface area contributed by atoms with E-state index < -0.39 is 42.8 Å². The Kier molecular flexibility index (Phi) is 7.22. The summed E-state index contributed by atoms with van der Waals surface area (Å²) in [6.07, 6.45) is -8.71. The Labute approximate surface area is 126 Å². The minimum absolute atomic E-state index is 0.187. The first-order valence-electron chi connectivity index (χ1n) is 6.56. The summed E-state index contributed by atoms with van der Waals surface area (Å²) < 4.78 is 117. The van der Waals surface area contributed by atoms with Crippen molar-refractivity contribution in [1.29, 1.82) is 0 Å². The molecule has 0 aliphatic rings. The van der Waals surface area contributed by atoms with E-state index in [1.165, 1.54) is 0 Å². The van der Waals surface area contributed by atoms with Crippen molar-refractivity contribution in [2.75, 3.05) is 6.61 Å². The molecule has 0 aliphatic carbocycles. The maximum Gasteiger partial charge on any atom is 0.460 e. The Morgan fingerprint density at radius 1 is 0.870 bits per heavy atom. The van der Waals surface area contributed by atoms with E-state index in [0.29, 0.717) is 12.8 Å². The highest BCUT2D eigenvalue weighted by Gasteiger charge is 2.81. The molecule has 138 valence electrons. The predicted molar refractivity (Wildman–Crippen MR) is 60.6 cm³/mol. The average Bonchev–Trinajstić information content (AvgIpc) is 2.39. The second kappa shape index (κ2) is 7.61. The van der Waals surface area contributed by atoms with Gasteiger partial charge in [0.15, 0.2) is 0 Å². The first-order chi connectivity index (χ1) is 10.2. The van der Waals surface area contributed by atoms with E-state index in [0.717, 1.165) is 6.42 Å². The van der Waals surface area contributed by atoms with Crippen LogP contribution in [0.25, 0.3) is 0 Å². The number of unbranched alkanes of at least 4 members (excludes halogenated alkanes) is 2. The summed E-state index contributed by atoms with van der Waals surface area (Å²) >= 11 is 0. The van der Waals surface area contributed by atoms with Gasteiger partial charge >= 0.3 is 29.9 Å². The van der Waals surface area contributed by atoms with E-state index in [1.54, 1.807) is 0 Å². The van der Waals surface area contributed by atoms with Crippen molar-refractivity contribution in [3.05, 3.63) is 0 Å². The molecule has 0 saturated heterocycles. The molecular formula is C12H15F9O2. The standard InChI is InChI=1S/C12H15F9O2/c1-2-3-4-7-23-8(22)5-6-9(13,14)10(15,16)11(17,18)12(19,20)21/h2-7H2,1H3. The zero-order chi connectivity index (χ0) is 18.5. The van der Waals surface area contributed by atoms with Crippen LogP contribution in [-0.2, 0) is 9.53 Å². The number of alkyl halides is 9. The molecule has 0 N–H and O–H groups in total. The first kappa shape index (κ1) is 21.8. The van der Waals surface area contributed by atoms with Crippen LogP contribution in [0.15, 0.2) is 0 Å². The minimum atomic E-state index is -6.94. The molecule has 0 bridgehead atoms. The van der Waals surface area contributed by atoms with Gasteiger partial charge in [0, 0.05) is 6.42 Å². The van der Waals surface area contributed by atoms with Crippen molar-refractivity contribution in [2.24, 2.45) is 0 Å². The zero-order valence-electron chi connectivity index (χ0n) is 12.0. The lowest BCUT2D eigenvalue weighted by Crippen LogP contribution is -2.60. The molecule has 0 fully saturated rings. The van der Waals surface area contributed by atoms with Gasteiger partial charge in [0.25, 0.3) is 0 Å². The van der Waals surface area contributed by atoms with Crippen molar-refractivity contribution in [1.82, 2.24) is 0 Å². The Hall–Kier alpha value is -1.16. The van der Waals surface area contributed by atoms with Gasteiger partial charge in [-0.1, -0.05) is 19.8 Å². The minimum Gasteiger partial charge on any atom is -0.466 e. The number of hydrogen-bond acceptors (Lipinski definition) is 2. The number of rotatable bonds is 9. The summed E-state index contributed by atoms with van der Waals surface area (Å²) in [5.41, 5.74) is 0. The largest absolute Gasteiger partial charge is 0.466 e. The predicted octanol–water partition coefficient (Wildman–Crippen LogP) is 4.97. The summed E-state index contributed by atoms with van der Waals surface area (Å²) in [6.45, 7) is 1.62. The van der Waals surface area contributed by atoms with E-state index in [-0.39, 0.29) is 6.61 Å². The highest BCUT2D eigenvalue weighted by atomic mass is 19.4. The lowest BCUT2D eigenvalue weighted by atomic mass is 10.00. The van der Waals surface area contributed by atoms with Gasteiger partial charge in [-0.2, -0.15) is 39.5 Å². The van der Waals surface area contributed by atoms with Crippen LogP contribution in [-0.4, -0.2) is 36.5 Å². The van der Waals surface area contributed by atoms with Crippen LogP contribution in [0, 0.1) is 0 Å². The van der Waals surface area contributed by atoms with Gasteiger partial charge in [-0.15, -0.1) is 0 Å². The molecule has 0 aromatic carbocycles. The van der Waals surface area contributed by atoms with E-state index in [1.807, 2.05) is 6.92 Å². The summed E-state index contributed by atoms with van der Waals surface area (Å²) in [5, 5.41) is 0. The lowest BCUT2D eigenvalue weighted by molar-refractivity contribution is -0.396. The van der Waals surface area contributed by atoms with Crippen LogP contribution >= 0.6 is 0 Å². The number of ether oxygens (including phenoxy) is 1. The molecule has 0 heterocycles. The normalized spacial score (nSPS) is 14.0. The smallest absolute Gasteiger partial charge is 0.460 e. The molecule has 0 atom stereocenters. The second-order valence-corrected chi connectivity index (χ2v) is 4.78. The van der Waals surface area contributed by atoms with Crippen molar-refractivity contribution >= 4 is 5.97 Å². The van der Waals surface area contributed by atoms with Crippen LogP contribution in [0.3, 0.4) is 0 Å². The molecule has 0 unspecified atom stereocenters. The molecule has 0 aromatic rings. The van der Waals surface area contributed by atoms with Gasteiger partial charge in [-0.25, -0.2) is 0 Å². The van der Waals surface area contributed by atoms with Crippen LogP contribution in [0.4, 0.5) is 39.5 Å². The van der Waals surface area contributed by atoms with Crippen LogP contribution in [0.1, 0.15) is 39.0 Å². The highest BCUT2D eigenvalue weighted by molar-refractivity contribution is 5.69. The summed E-state index contributed by atoms with van der Waals surface area (Å²) in [4.78, 5) is 11.0. The average molecular weight is 362 g/mol. The van der Waals surface area contributed by atoms with Crippen molar-refractivity contribution < 1.29 is 49.0 Å².